The van der Waals surface area contributed by atoms with Gasteiger partial charge in [-0.2, -0.15) is 0 Å². The molecule has 2 aromatic rings. The molecule has 1 aliphatic carbocycles. The quantitative estimate of drug-likeness (QED) is 0.859. The summed E-state index contributed by atoms with van der Waals surface area (Å²) in [5.41, 5.74) is 0.638. The second kappa shape index (κ2) is 6.26. The average molecular weight is 327 g/mol. The monoisotopic (exact) mass is 327 g/mol. The number of ketones is 2. The lowest BCUT2D eigenvalue weighted by Crippen LogP contribution is -2.24. The first-order valence-electron chi connectivity index (χ1n) is 6.81. The highest BCUT2D eigenvalue weighted by Crippen LogP contribution is 2.36. The molecule has 1 aromatic carbocycles. The highest BCUT2D eigenvalue weighted by molar-refractivity contribution is 7.99. The van der Waals surface area contributed by atoms with Crippen molar-refractivity contribution in [1.29, 1.82) is 0 Å². The predicted molar refractivity (Wildman–Crippen MR) is 84.5 cm³/mol. The molecule has 0 N–H and O–H groups in total. The van der Waals surface area contributed by atoms with E-state index in [1.165, 1.54) is 26.0 Å². The topological polar surface area (TPSA) is 65.5 Å². The first-order chi connectivity index (χ1) is 11.2. The molecule has 0 atom stereocenters. The van der Waals surface area contributed by atoms with E-state index in [1.54, 1.807) is 24.4 Å². The molecule has 1 aromatic heterocycles. The van der Waals surface area contributed by atoms with Gasteiger partial charge in [0, 0.05) is 16.7 Å². The summed E-state index contributed by atoms with van der Waals surface area (Å²) in [5.74, 6) is -0.857. The van der Waals surface area contributed by atoms with Gasteiger partial charge in [-0.1, -0.05) is 30.0 Å². The summed E-state index contributed by atoms with van der Waals surface area (Å²) in [6.45, 7) is 0. The van der Waals surface area contributed by atoms with Crippen molar-refractivity contribution in [3.63, 3.8) is 0 Å². The third-order valence-corrected chi connectivity index (χ3v) is 4.39. The van der Waals surface area contributed by atoms with Gasteiger partial charge in [0.15, 0.2) is 0 Å². The van der Waals surface area contributed by atoms with Gasteiger partial charge in [-0.3, -0.25) is 9.59 Å². The largest absolute Gasteiger partial charge is 0.489 e. The van der Waals surface area contributed by atoms with E-state index in [1.807, 2.05) is 18.2 Å². The zero-order chi connectivity index (χ0) is 16.4. The Bertz CT molecular complexity index is 815. The van der Waals surface area contributed by atoms with E-state index in [0.29, 0.717) is 16.0 Å². The molecule has 0 bridgehead atoms. The predicted octanol–water partition coefficient (Wildman–Crippen LogP) is 3.12. The van der Waals surface area contributed by atoms with Gasteiger partial charge in [0.1, 0.15) is 5.03 Å². The van der Waals surface area contributed by atoms with Crippen molar-refractivity contribution in [2.75, 3.05) is 14.2 Å². The number of methoxy groups -OCH3 is 2. The van der Waals surface area contributed by atoms with Gasteiger partial charge in [0.05, 0.1) is 19.8 Å². The van der Waals surface area contributed by atoms with Crippen LogP contribution in [0.2, 0.25) is 0 Å². The van der Waals surface area contributed by atoms with Gasteiger partial charge in [-0.25, -0.2) is 4.98 Å². The molecule has 0 fully saturated rings. The number of aromatic nitrogens is 1. The lowest BCUT2D eigenvalue weighted by Gasteiger charge is -2.20. The Morgan fingerprint density at radius 3 is 2.30 bits per heavy atom. The molecule has 1 aliphatic rings. The van der Waals surface area contributed by atoms with Crippen molar-refractivity contribution in [2.45, 2.75) is 9.92 Å². The van der Waals surface area contributed by atoms with Crippen molar-refractivity contribution in [2.24, 2.45) is 0 Å². The van der Waals surface area contributed by atoms with E-state index in [2.05, 4.69) is 4.98 Å². The molecule has 0 spiro atoms. The van der Waals surface area contributed by atoms with Crippen LogP contribution in [0.3, 0.4) is 0 Å². The third-order valence-electron chi connectivity index (χ3n) is 3.38. The molecule has 0 saturated heterocycles. The molecule has 3 rings (SSSR count). The summed E-state index contributed by atoms with van der Waals surface area (Å²) in [6.07, 6.45) is 1.67. The lowest BCUT2D eigenvalue weighted by atomic mass is 9.92. The molecule has 0 unspecified atom stereocenters. The maximum Gasteiger partial charge on any atom is 0.233 e. The van der Waals surface area contributed by atoms with Crippen molar-refractivity contribution in [3.8, 4) is 0 Å². The second-order valence-corrected chi connectivity index (χ2v) is 5.74. The van der Waals surface area contributed by atoms with Crippen molar-refractivity contribution in [3.05, 3.63) is 65.2 Å². The number of fused-ring (bicyclic) bond motifs is 1. The molecule has 0 radical (unpaired) electrons. The van der Waals surface area contributed by atoms with Crippen LogP contribution in [-0.2, 0) is 9.47 Å². The Morgan fingerprint density at radius 1 is 0.913 bits per heavy atom. The van der Waals surface area contributed by atoms with Gasteiger partial charge in [-0.05, 0) is 18.2 Å². The van der Waals surface area contributed by atoms with Gasteiger partial charge in [0.25, 0.3) is 0 Å². The Kier molecular flexibility index (Phi) is 4.16. The number of allylic oxidation sites excluding steroid dienone is 2. The minimum atomic E-state index is -0.363. The maximum absolute atomic E-state index is 12.7. The fourth-order valence-corrected chi connectivity index (χ4v) is 3.31. The number of nitrogens with zero attached hydrogens (tertiary/aromatic N) is 1. The standard InChI is InChI=1S/C17H13NO4S/c1-21-16-14(19)10-6-5-7-11(13(10)15(20)17(16)22-2)23-12-8-3-4-9-18-12/h3-9H,1-2H3. The van der Waals surface area contributed by atoms with E-state index in [0.717, 1.165) is 5.03 Å². The van der Waals surface area contributed by atoms with E-state index in [-0.39, 0.29) is 23.1 Å². The number of carbonyl (C=O) groups excluding carboxylic acids is 2. The second-order valence-electron chi connectivity index (χ2n) is 4.67. The number of hydrogen-bond acceptors (Lipinski definition) is 6. The fourth-order valence-electron chi connectivity index (χ4n) is 2.37. The molecule has 116 valence electrons. The minimum absolute atomic E-state index is 0.0648. The summed E-state index contributed by atoms with van der Waals surface area (Å²) < 4.78 is 10.2. The lowest BCUT2D eigenvalue weighted by molar-refractivity contribution is 0.0826. The summed E-state index contributed by atoms with van der Waals surface area (Å²) in [6, 6.07) is 10.7. The number of benzene rings is 1. The number of pyridine rings is 1. The molecule has 23 heavy (non-hydrogen) atoms. The third kappa shape index (κ3) is 2.61. The van der Waals surface area contributed by atoms with Gasteiger partial charge in [-0.15, -0.1) is 0 Å². The van der Waals surface area contributed by atoms with Crippen LogP contribution < -0.4 is 0 Å². The molecule has 0 aliphatic heterocycles. The highest BCUT2D eigenvalue weighted by Gasteiger charge is 2.36. The molecule has 0 saturated carbocycles. The van der Waals surface area contributed by atoms with Crippen LogP contribution in [0, 0.1) is 0 Å². The van der Waals surface area contributed by atoms with E-state index in [4.69, 9.17) is 9.47 Å². The maximum atomic E-state index is 12.7. The first-order valence-corrected chi connectivity index (χ1v) is 7.62. The molecular formula is C17H13NO4S. The fraction of sp³-hybridized carbons (Fsp3) is 0.118. The molecule has 5 nitrogen and oxygen atoms in total. The van der Waals surface area contributed by atoms with Crippen LogP contribution in [0.4, 0.5) is 0 Å². The van der Waals surface area contributed by atoms with E-state index >= 15 is 0 Å². The molecular weight excluding hydrogens is 314 g/mol. The number of carbonyl (C=O) groups is 2. The van der Waals surface area contributed by atoms with Crippen LogP contribution in [0.15, 0.2) is 64.0 Å². The van der Waals surface area contributed by atoms with E-state index in [9.17, 15) is 9.59 Å². The number of ether oxygens (including phenoxy) is 2. The Hall–Kier alpha value is -2.60. The Balaban J connectivity index is 2.12. The van der Waals surface area contributed by atoms with Gasteiger partial charge in [0.2, 0.25) is 23.1 Å². The van der Waals surface area contributed by atoms with Gasteiger partial charge >= 0.3 is 0 Å². The van der Waals surface area contributed by atoms with Crippen LogP contribution in [0.25, 0.3) is 0 Å². The SMILES string of the molecule is COC1=C(OC)C(=O)c2c(Sc3ccccn3)cccc2C1=O. The van der Waals surface area contributed by atoms with Crippen LogP contribution in [0.5, 0.6) is 0 Å². The zero-order valence-electron chi connectivity index (χ0n) is 12.5. The summed E-state index contributed by atoms with van der Waals surface area (Å²) in [4.78, 5) is 30.1. The first kappa shape index (κ1) is 15.3. The average Bonchev–Trinajstić information content (AvgIpc) is 2.58. The highest BCUT2D eigenvalue weighted by atomic mass is 32.2. The Labute approximate surface area is 137 Å². The summed E-state index contributed by atoms with van der Waals surface area (Å²) in [5, 5.41) is 0.738. The van der Waals surface area contributed by atoms with Crippen molar-refractivity contribution >= 4 is 23.3 Å². The molecule has 6 heteroatoms. The smallest absolute Gasteiger partial charge is 0.233 e. The minimum Gasteiger partial charge on any atom is -0.489 e. The van der Waals surface area contributed by atoms with Crippen molar-refractivity contribution in [1.82, 2.24) is 4.98 Å². The molecule has 0 amide bonds. The number of rotatable bonds is 4. The van der Waals surface area contributed by atoms with Crippen molar-refractivity contribution < 1.29 is 19.1 Å². The van der Waals surface area contributed by atoms with E-state index < -0.39 is 0 Å². The molecule has 1 heterocycles. The van der Waals surface area contributed by atoms with Crippen LogP contribution in [0.1, 0.15) is 20.7 Å². The van der Waals surface area contributed by atoms with Crippen LogP contribution >= 0.6 is 11.8 Å². The van der Waals surface area contributed by atoms with Crippen LogP contribution in [-0.4, -0.2) is 30.8 Å². The number of Topliss-reactive ketones (excluding diaryl/α,β-unsaturated/α-hetero) is 2. The van der Waals surface area contributed by atoms with Gasteiger partial charge < -0.3 is 9.47 Å². The zero-order valence-corrected chi connectivity index (χ0v) is 13.3. The normalized spacial score (nSPS) is 13.8. The number of hydrogen-bond donors (Lipinski definition) is 0. The Morgan fingerprint density at radius 2 is 1.65 bits per heavy atom. The summed E-state index contributed by atoms with van der Waals surface area (Å²) in [7, 11) is 2.69. The summed E-state index contributed by atoms with van der Waals surface area (Å²) >= 11 is 1.33.